The van der Waals surface area contributed by atoms with E-state index in [4.69, 9.17) is 16.7 Å². The molecule has 0 amide bonds. The predicted octanol–water partition coefficient (Wildman–Crippen LogP) is 2.05. The number of nitrogens with zero attached hydrogens (tertiary/aromatic N) is 1. The van der Waals surface area contributed by atoms with Gasteiger partial charge in [-0.1, -0.05) is 29.8 Å². The van der Waals surface area contributed by atoms with E-state index in [1.54, 1.807) is 12.1 Å². The maximum atomic E-state index is 8.54. The molecule has 1 N–H and O–H groups in total. The highest BCUT2D eigenvalue weighted by Crippen LogP contribution is 2.11. The normalized spacial score (nSPS) is 10.9. The molecular weight excluding hydrogens is 174 g/mol. The standard InChI is InChI=1S/C9H10ClNO/c1-7-8(3-2-6-12)4-5-9(10)11-7/h2-5,12H,6H2,1H3. The summed E-state index contributed by atoms with van der Waals surface area (Å²) in [7, 11) is 0. The van der Waals surface area contributed by atoms with Crippen molar-refractivity contribution in [1.82, 2.24) is 4.98 Å². The van der Waals surface area contributed by atoms with Crippen molar-refractivity contribution in [3.05, 3.63) is 34.6 Å². The maximum Gasteiger partial charge on any atom is 0.129 e. The van der Waals surface area contributed by atoms with Crippen LogP contribution in [0.5, 0.6) is 0 Å². The summed E-state index contributed by atoms with van der Waals surface area (Å²) in [5.41, 5.74) is 1.85. The van der Waals surface area contributed by atoms with E-state index in [-0.39, 0.29) is 6.61 Å². The molecule has 3 heteroatoms. The molecule has 0 bridgehead atoms. The molecule has 0 unspecified atom stereocenters. The zero-order valence-corrected chi connectivity index (χ0v) is 7.54. The molecular formula is C9H10ClNO. The van der Waals surface area contributed by atoms with Gasteiger partial charge in [-0.15, -0.1) is 0 Å². The van der Waals surface area contributed by atoms with E-state index in [0.29, 0.717) is 5.15 Å². The number of hydrogen-bond donors (Lipinski definition) is 1. The van der Waals surface area contributed by atoms with E-state index in [1.165, 1.54) is 0 Å². The van der Waals surface area contributed by atoms with Crippen LogP contribution in [-0.4, -0.2) is 16.7 Å². The van der Waals surface area contributed by atoms with Crippen molar-refractivity contribution in [3.63, 3.8) is 0 Å². The van der Waals surface area contributed by atoms with Gasteiger partial charge in [-0.05, 0) is 18.6 Å². The van der Waals surface area contributed by atoms with Gasteiger partial charge in [0, 0.05) is 5.69 Å². The van der Waals surface area contributed by atoms with Crippen LogP contribution in [0.3, 0.4) is 0 Å². The van der Waals surface area contributed by atoms with Crippen molar-refractivity contribution < 1.29 is 5.11 Å². The quantitative estimate of drug-likeness (QED) is 0.712. The molecule has 0 atom stereocenters. The van der Waals surface area contributed by atoms with Gasteiger partial charge in [0.15, 0.2) is 0 Å². The number of aliphatic hydroxyl groups is 1. The minimum atomic E-state index is 0.0437. The van der Waals surface area contributed by atoms with Crippen molar-refractivity contribution in [2.75, 3.05) is 6.61 Å². The van der Waals surface area contributed by atoms with Crippen molar-refractivity contribution in [2.45, 2.75) is 6.92 Å². The molecule has 1 heterocycles. The summed E-state index contributed by atoms with van der Waals surface area (Å²) in [5.74, 6) is 0. The van der Waals surface area contributed by atoms with Crippen molar-refractivity contribution >= 4 is 17.7 Å². The van der Waals surface area contributed by atoms with Crippen LogP contribution >= 0.6 is 11.6 Å². The number of aromatic nitrogens is 1. The van der Waals surface area contributed by atoms with E-state index < -0.39 is 0 Å². The molecule has 0 saturated heterocycles. The number of halogens is 1. The van der Waals surface area contributed by atoms with Gasteiger partial charge in [-0.3, -0.25) is 0 Å². The molecule has 1 aromatic rings. The molecule has 0 aliphatic heterocycles. The fourth-order valence-electron chi connectivity index (χ4n) is 0.897. The van der Waals surface area contributed by atoms with Gasteiger partial charge in [0.2, 0.25) is 0 Å². The Kier molecular flexibility index (Phi) is 3.26. The van der Waals surface area contributed by atoms with Crippen LogP contribution in [0.2, 0.25) is 5.15 Å². The predicted molar refractivity (Wildman–Crippen MR) is 50.1 cm³/mol. The largest absolute Gasteiger partial charge is 0.392 e. The number of pyridine rings is 1. The Morgan fingerprint density at radius 2 is 2.33 bits per heavy atom. The fourth-order valence-corrected chi connectivity index (χ4v) is 1.09. The van der Waals surface area contributed by atoms with Crippen LogP contribution in [-0.2, 0) is 0 Å². The Balaban J connectivity index is 2.94. The average molecular weight is 184 g/mol. The molecule has 0 spiro atoms. The minimum absolute atomic E-state index is 0.0437. The summed E-state index contributed by atoms with van der Waals surface area (Å²) < 4.78 is 0. The lowest BCUT2D eigenvalue weighted by Crippen LogP contribution is -1.86. The zero-order chi connectivity index (χ0) is 8.97. The van der Waals surface area contributed by atoms with Gasteiger partial charge in [-0.25, -0.2) is 4.98 Å². The highest BCUT2D eigenvalue weighted by Gasteiger charge is 1.95. The molecule has 0 saturated carbocycles. The maximum absolute atomic E-state index is 8.54. The van der Waals surface area contributed by atoms with E-state index in [1.807, 2.05) is 19.1 Å². The molecule has 1 rings (SSSR count). The van der Waals surface area contributed by atoms with Gasteiger partial charge >= 0.3 is 0 Å². The molecule has 0 aromatic carbocycles. The van der Waals surface area contributed by atoms with Crippen LogP contribution in [0.15, 0.2) is 18.2 Å². The molecule has 0 aliphatic carbocycles. The lowest BCUT2D eigenvalue weighted by atomic mass is 10.2. The third-order valence-corrected chi connectivity index (χ3v) is 1.71. The highest BCUT2D eigenvalue weighted by molar-refractivity contribution is 6.29. The smallest absolute Gasteiger partial charge is 0.129 e. The first-order valence-electron chi connectivity index (χ1n) is 3.64. The van der Waals surface area contributed by atoms with Crippen molar-refractivity contribution in [3.8, 4) is 0 Å². The molecule has 1 aromatic heterocycles. The zero-order valence-electron chi connectivity index (χ0n) is 6.79. The van der Waals surface area contributed by atoms with Crippen LogP contribution < -0.4 is 0 Å². The summed E-state index contributed by atoms with van der Waals surface area (Å²) in [6, 6.07) is 3.60. The van der Waals surface area contributed by atoms with Crippen LogP contribution in [0.1, 0.15) is 11.3 Å². The second-order valence-corrected chi connectivity index (χ2v) is 2.78. The molecule has 64 valence electrons. The van der Waals surface area contributed by atoms with Gasteiger partial charge in [0.25, 0.3) is 0 Å². The first kappa shape index (κ1) is 9.23. The van der Waals surface area contributed by atoms with Crippen LogP contribution in [0, 0.1) is 6.92 Å². The Morgan fingerprint density at radius 3 is 2.92 bits per heavy atom. The summed E-state index contributed by atoms with van der Waals surface area (Å²) in [5, 5.41) is 9.03. The van der Waals surface area contributed by atoms with E-state index in [2.05, 4.69) is 4.98 Å². The summed E-state index contributed by atoms with van der Waals surface area (Å²) in [6.45, 7) is 1.92. The number of hydrogen-bond acceptors (Lipinski definition) is 2. The van der Waals surface area contributed by atoms with Crippen LogP contribution in [0.4, 0.5) is 0 Å². The van der Waals surface area contributed by atoms with E-state index >= 15 is 0 Å². The minimum Gasteiger partial charge on any atom is -0.392 e. The molecule has 12 heavy (non-hydrogen) atoms. The average Bonchev–Trinajstić information content (AvgIpc) is 2.03. The highest BCUT2D eigenvalue weighted by atomic mass is 35.5. The van der Waals surface area contributed by atoms with Gasteiger partial charge < -0.3 is 5.11 Å². The van der Waals surface area contributed by atoms with E-state index in [9.17, 15) is 0 Å². The number of aryl methyl sites for hydroxylation is 1. The first-order chi connectivity index (χ1) is 5.74. The summed E-state index contributed by atoms with van der Waals surface area (Å²) in [4.78, 5) is 4.06. The summed E-state index contributed by atoms with van der Waals surface area (Å²) >= 11 is 5.67. The first-order valence-corrected chi connectivity index (χ1v) is 4.02. The lowest BCUT2D eigenvalue weighted by molar-refractivity contribution is 0.343. The third-order valence-electron chi connectivity index (χ3n) is 1.50. The number of rotatable bonds is 2. The van der Waals surface area contributed by atoms with Gasteiger partial charge in [0.1, 0.15) is 5.15 Å². The second-order valence-electron chi connectivity index (χ2n) is 2.39. The number of aliphatic hydroxyl groups excluding tert-OH is 1. The van der Waals surface area contributed by atoms with Crippen molar-refractivity contribution in [1.29, 1.82) is 0 Å². The third kappa shape index (κ3) is 2.32. The monoisotopic (exact) mass is 183 g/mol. The fraction of sp³-hybridized carbons (Fsp3) is 0.222. The van der Waals surface area contributed by atoms with Gasteiger partial charge in [-0.2, -0.15) is 0 Å². The molecule has 0 aliphatic rings. The SMILES string of the molecule is Cc1nc(Cl)ccc1C=CCO. The topological polar surface area (TPSA) is 33.1 Å². The van der Waals surface area contributed by atoms with E-state index in [0.717, 1.165) is 11.3 Å². The Morgan fingerprint density at radius 1 is 1.58 bits per heavy atom. The van der Waals surface area contributed by atoms with Crippen molar-refractivity contribution in [2.24, 2.45) is 0 Å². The molecule has 0 fully saturated rings. The summed E-state index contributed by atoms with van der Waals surface area (Å²) in [6.07, 6.45) is 3.48. The van der Waals surface area contributed by atoms with Gasteiger partial charge in [0.05, 0.1) is 6.61 Å². The Hall–Kier alpha value is -0.860. The molecule has 0 radical (unpaired) electrons. The van der Waals surface area contributed by atoms with Crippen LogP contribution in [0.25, 0.3) is 6.08 Å². The Labute approximate surface area is 76.5 Å². The second kappa shape index (κ2) is 4.24. The molecule has 2 nitrogen and oxygen atoms in total. The Bertz CT molecular complexity index is 297. The lowest BCUT2D eigenvalue weighted by Gasteiger charge is -1.98.